The molecule has 17 unspecified atom stereocenters. The van der Waals surface area contributed by atoms with E-state index in [4.69, 9.17) is 28.4 Å². The van der Waals surface area contributed by atoms with Crippen molar-refractivity contribution < 1.29 is 89.4 Å². The summed E-state index contributed by atoms with van der Waals surface area (Å²) in [6.07, 6.45) is 22.1. The highest BCUT2D eigenvalue weighted by Gasteiger charge is 2.53. The molecular formula is C64H123NO18. The van der Waals surface area contributed by atoms with E-state index in [1.807, 2.05) is 0 Å². The zero-order valence-corrected chi connectivity index (χ0v) is 51.7. The zero-order valence-electron chi connectivity index (χ0n) is 51.7. The topological polar surface area (TPSA) is 307 Å². The van der Waals surface area contributed by atoms with Gasteiger partial charge in [-0.3, -0.25) is 4.79 Å². The Morgan fingerprint density at radius 2 is 0.687 bits per heavy atom. The van der Waals surface area contributed by atoms with Gasteiger partial charge in [0.25, 0.3) is 0 Å². The maximum Gasteiger partial charge on any atom is 0.220 e. The predicted octanol–water partition coefficient (Wildman–Crippen LogP) is 7.94. The van der Waals surface area contributed by atoms with Gasteiger partial charge in [-0.2, -0.15) is 0 Å². The van der Waals surface area contributed by atoms with Crippen LogP contribution in [0.2, 0.25) is 0 Å². The second-order valence-electron chi connectivity index (χ2n) is 24.7. The van der Waals surface area contributed by atoms with Crippen LogP contribution in [0.5, 0.6) is 0 Å². The summed E-state index contributed by atoms with van der Waals surface area (Å²) in [4.78, 5) is 13.4. The molecule has 0 aromatic carbocycles. The summed E-state index contributed by atoms with van der Waals surface area (Å²) in [5.74, 6) is -0.238. The van der Waals surface area contributed by atoms with Gasteiger partial charge in [-0.15, -0.1) is 0 Å². The van der Waals surface area contributed by atoms with Crippen LogP contribution in [0.25, 0.3) is 0 Å². The Balaban J connectivity index is 1.38. The molecule has 3 fully saturated rings. The van der Waals surface area contributed by atoms with Gasteiger partial charge in [0.15, 0.2) is 18.9 Å². The quantitative estimate of drug-likeness (QED) is 0.0257. The van der Waals surface area contributed by atoms with Crippen molar-refractivity contribution in [2.45, 2.75) is 375 Å². The molecule has 0 spiro atoms. The Morgan fingerprint density at radius 3 is 1.05 bits per heavy atom. The summed E-state index contributed by atoms with van der Waals surface area (Å²) >= 11 is 0. The van der Waals surface area contributed by atoms with E-state index >= 15 is 0 Å². The third-order valence-corrected chi connectivity index (χ3v) is 17.4. The highest BCUT2D eigenvalue weighted by molar-refractivity contribution is 5.76. The number of aliphatic hydroxyl groups is 11. The Morgan fingerprint density at radius 1 is 0.386 bits per heavy atom. The highest BCUT2D eigenvalue weighted by atomic mass is 16.8. The van der Waals surface area contributed by atoms with E-state index in [0.29, 0.717) is 12.8 Å². The molecule has 3 saturated heterocycles. The molecule has 0 aromatic rings. The average molecular weight is 1190 g/mol. The van der Waals surface area contributed by atoms with Crippen molar-refractivity contribution in [3.63, 3.8) is 0 Å². The number of carbonyl (C=O) groups is 1. The fraction of sp³-hybridized carbons (Fsp3) is 0.984. The molecule has 3 rings (SSSR count). The van der Waals surface area contributed by atoms with Gasteiger partial charge in [0.05, 0.1) is 38.6 Å². The van der Waals surface area contributed by atoms with Crippen molar-refractivity contribution in [1.82, 2.24) is 5.32 Å². The maximum atomic E-state index is 13.4. The van der Waals surface area contributed by atoms with Gasteiger partial charge in [-0.05, 0) is 12.8 Å². The average Bonchev–Trinajstić information content (AvgIpc) is 3.62. The minimum Gasteiger partial charge on any atom is -0.394 e. The van der Waals surface area contributed by atoms with Gasteiger partial charge < -0.3 is 89.9 Å². The summed E-state index contributed by atoms with van der Waals surface area (Å²) in [6.45, 7) is 1.81. The Bertz CT molecular complexity index is 1520. The van der Waals surface area contributed by atoms with Crippen LogP contribution in [-0.2, 0) is 33.2 Å². The number of aliphatic hydroxyl groups excluding tert-OH is 11. The van der Waals surface area contributed by atoms with Crippen LogP contribution in [0.1, 0.15) is 271 Å². The lowest BCUT2D eigenvalue weighted by Crippen LogP contribution is -2.66. The lowest BCUT2D eigenvalue weighted by atomic mass is 9.96. The van der Waals surface area contributed by atoms with Crippen LogP contribution in [0, 0.1) is 0 Å². The number of nitrogens with one attached hydrogen (secondary N) is 1. The van der Waals surface area contributed by atoms with E-state index in [1.165, 1.54) is 193 Å². The predicted molar refractivity (Wildman–Crippen MR) is 319 cm³/mol. The van der Waals surface area contributed by atoms with Crippen molar-refractivity contribution in [3.05, 3.63) is 0 Å². The van der Waals surface area contributed by atoms with Gasteiger partial charge in [-0.25, -0.2) is 0 Å². The van der Waals surface area contributed by atoms with Crippen molar-refractivity contribution in [3.8, 4) is 0 Å². The first-order valence-corrected chi connectivity index (χ1v) is 33.8. The van der Waals surface area contributed by atoms with E-state index in [1.54, 1.807) is 0 Å². The van der Waals surface area contributed by atoms with Crippen LogP contribution < -0.4 is 5.32 Å². The molecule has 83 heavy (non-hydrogen) atoms. The van der Waals surface area contributed by atoms with Gasteiger partial charge >= 0.3 is 0 Å². The van der Waals surface area contributed by atoms with Crippen molar-refractivity contribution in [2.75, 3.05) is 26.4 Å². The number of hydrogen-bond acceptors (Lipinski definition) is 18. The fourth-order valence-corrected chi connectivity index (χ4v) is 11.9. The molecule has 492 valence electrons. The molecule has 19 nitrogen and oxygen atoms in total. The third kappa shape index (κ3) is 30.7. The first-order valence-electron chi connectivity index (χ1n) is 33.8. The largest absolute Gasteiger partial charge is 0.394 e. The first kappa shape index (κ1) is 76.0. The Hall–Kier alpha value is -1.21. The molecule has 0 aliphatic carbocycles. The molecular weight excluding hydrogens is 1070 g/mol. The normalized spacial score (nSPS) is 29.3. The lowest BCUT2D eigenvalue weighted by Gasteiger charge is -2.48. The van der Waals surface area contributed by atoms with E-state index in [9.17, 15) is 61.0 Å². The molecule has 3 aliphatic heterocycles. The van der Waals surface area contributed by atoms with Crippen LogP contribution in [0.4, 0.5) is 0 Å². The minimum atomic E-state index is -1.97. The summed E-state index contributed by atoms with van der Waals surface area (Å²) in [6, 6.07) is -0.880. The van der Waals surface area contributed by atoms with E-state index in [0.717, 1.165) is 44.9 Å². The standard InChI is InChI=1S/C64H123NO18/c1-3-5-7-9-11-13-15-16-17-18-19-20-21-22-23-24-25-26-27-28-29-30-32-34-36-38-40-42-52(70)65-47(48(69)41-39-37-35-33-31-14-12-10-8-6-4-2)46-78-62-58(76)55(73)60(50(44-67)80-62)83-64-59(77)56(74)61(51(45-68)81-64)82-63-57(75)54(72)53(71)49(43-66)79-63/h47-51,53-64,66-69,71-77H,3-46H2,1-2H3,(H,65,70). The number of amides is 1. The first-order chi connectivity index (χ1) is 40.3. The molecule has 3 heterocycles. The lowest BCUT2D eigenvalue weighted by molar-refractivity contribution is -0.379. The molecule has 12 N–H and O–H groups in total. The number of hydrogen-bond donors (Lipinski definition) is 12. The Kier molecular flexibility index (Phi) is 43.7. The molecule has 0 radical (unpaired) electrons. The number of rotatable bonds is 52. The van der Waals surface area contributed by atoms with Crippen LogP contribution in [-0.4, -0.2) is 193 Å². The van der Waals surface area contributed by atoms with E-state index < -0.39 is 124 Å². The SMILES string of the molecule is CCCCCCCCCCCCCCCCCCCCCCCCCCCCCC(=O)NC(COC1OC(CO)C(OC2OC(CO)C(OC3OC(CO)C(O)C(O)C3O)C(O)C2O)C(O)C1O)C(O)CCCCCCCCCCCCC. The monoisotopic (exact) mass is 1190 g/mol. The van der Waals surface area contributed by atoms with Crippen LogP contribution in [0.3, 0.4) is 0 Å². The van der Waals surface area contributed by atoms with Gasteiger partial charge in [-0.1, -0.05) is 251 Å². The second-order valence-corrected chi connectivity index (χ2v) is 24.7. The van der Waals surface area contributed by atoms with E-state index in [-0.39, 0.29) is 18.9 Å². The molecule has 0 aromatic heterocycles. The number of unbranched alkanes of at least 4 members (excludes halogenated alkanes) is 36. The molecule has 17 atom stereocenters. The zero-order chi connectivity index (χ0) is 60.5. The highest BCUT2D eigenvalue weighted by Crippen LogP contribution is 2.33. The maximum absolute atomic E-state index is 13.4. The van der Waals surface area contributed by atoms with Crippen molar-refractivity contribution >= 4 is 5.91 Å². The summed E-state index contributed by atoms with van der Waals surface area (Å²) in [5.41, 5.74) is 0. The molecule has 0 bridgehead atoms. The number of ether oxygens (including phenoxy) is 6. The van der Waals surface area contributed by atoms with Gasteiger partial charge in [0.1, 0.15) is 73.2 Å². The fourth-order valence-electron chi connectivity index (χ4n) is 11.9. The van der Waals surface area contributed by atoms with Gasteiger partial charge in [0, 0.05) is 6.42 Å². The summed E-state index contributed by atoms with van der Waals surface area (Å²) < 4.78 is 34.3. The minimum absolute atomic E-state index is 0.238. The second kappa shape index (κ2) is 47.7. The van der Waals surface area contributed by atoms with Crippen molar-refractivity contribution in [1.29, 1.82) is 0 Å². The van der Waals surface area contributed by atoms with E-state index in [2.05, 4.69) is 19.2 Å². The molecule has 1 amide bonds. The summed E-state index contributed by atoms with van der Waals surface area (Å²) in [5, 5.41) is 120. The van der Waals surface area contributed by atoms with Crippen molar-refractivity contribution in [2.24, 2.45) is 0 Å². The van der Waals surface area contributed by atoms with Gasteiger partial charge in [0.2, 0.25) is 5.91 Å². The van der Waals surface area contributed by atoms with Crippen LogP contribution >= 0.6 is 0 Å². The molecule has 3 aliphatic rings. The van der Waals surface area contributed by atoms with Crippen LogP contribution in [0.15, 0.2) is 0 Å². The Labute approximate surface area is 500 Å². The molecule has 0 saturated carbocycles. The summed E-state index contributed by atoms with van der Waals surface area (Å²) in [7, 11) is 0. The molecule has 19 heteroatoms. The smallest absolute Gasteiger partial charge is 0.220 e. The number of carbonyl (C=O) groups excluding carboxylic acids is 1. The third-order valence-electron chi connectivity index (χ3n) is 17.4.